The summed E-state index contributed by atoms with van der Waals surface area (Å²) in [6.07, 6.45) is 34.4. The maximum Gasteiger partial charge on any atom is 3.00 e. The summed E-state index contributed by atoms with van der Waals surface area (Å²) in [6, 6.07) is 0. The van der Waals surface area contributed by atoms with E-state index in [4.69, 9.17) is 0 Å². The van der Waals surface area contributed by atoms with E-state index in [2.05, 4.69) is 51.5 Å². The molecule has 12 nitrogen and oxygen atoms in total. The average molecular weight is 1070 g/mol. The Labute approximate surface area is 409 Å². The SMILES string of the molecule is O=P([O-])([O-])OCCCCCCCCCCCCS.O=P([O-])([O-])OCCCCCCCCCCCCS.O=P([O-])([O-])OCCCCCCCCCCCCS.[Y+3].[Y+3]. The van der Waals surface area contributed by atoms with Gasteiger partial charge in [-0.25, -0.2) is 0 Å². The summed E-state index contributed by atoms with van der Waals surface area (Å²) in [5.74, 6) is 2.96. The van der Waals surface area contributed by atoms with E-state index in [-0.39, 0.29) is 85.2 Å². The summed E-state index contributed by atoms with van der Waals surface area (Å²) < 4.78 is 42.9. The largest absolute Gasteiger partial charge is 3.00 e. The van der Waals surface area contributed by atoms with Crippen LogP contribution in [0.1, 0.15) is 193 Å². The van der Waals surface area contributed by atoms with E-state index in [9.17, 15) is 43.1 Å². The van der Waals surface area contributed by atoms with Gasteiger partial charge >= 0.3 is 65.4 Å². The van der Waals surface area contributed by atoms with Crippen LogP contribution in [0.4, 0.5) is 0 Å². The van der Waals surface area contributed by atoms with Crippen molar-refractivity contribution in [2.24, 2.45) is 0 Å². The number of phosphoric ester groups is 3. The van der Waals surface area contributed by atoms with Gasteiger partial charge in [0.2, 0.25) is 0 Å². The van der Waals surface area contributed by atoms with Gasteiger partial charge in [0.1, 0.15) is 0 Å². The minimum Gasteiger partial charge on any atom is -0.790 e. The van der Waals surface area contributed by atoms with Crippen molar-refractivity contribution >= 4 is 61.4 Å². The minimum atomic E-state index is -4.75. The molecule has 0 fully saturated rings. The van der Waals surface area contributed by atoms with Gasteiger partial charge in [0, 0.05) is 0 Å². The van der Waals surface area contributed by atoms with Gasteiger partial charge in [0.25, 0.3) is 0 Å². The molecule has 0 bridgehead atoms. The van der Waals surface area contributed by atoms with Gasteiger partial charge in [0.05, 0.1) is 43.3 Å². The Bertz CT molecular complexity index is 782. The third-order valence-corrected chi connectivity index (χ3v) is 10.9. The smallest absolute Gasteiger partial charge is 0.790 e. The van der Waals surface area contributed by atoms with Crippen molar-refractivity contribution in [3.8, 4) is 0 Å². The van der Waals surface area contributed by atoms with E-state index in [1.54, 1.807) is 0 Å². The van der Waals surface area contributed by atoms with E-state index in [1.807, 2.05) is 0 Å². The van der Waals surface area contributed by atoms with E-state index in [1.165, 1.54) is 135 Å². The predicted molar refractivity (Wildman–Crippen MR) is 221 cm³/mol. The zero-order valence-electron chi connectivity index (χ0n) is 34.2. The minimum absolute atomic E-state index is 0. The molecule has 0 aliphatic carbocycles. The fraction of sp³-hybridized carbons (Fsp3) is 1.00. The zero-order chi connectivity index (χ0) is 41.1. The number of rotatable bonds is 39. The number of hydrogen-bond acceptors (Lipinski definition) is 15. The Morgan fingerprint density at radius 2 is 0.393 bits per heavy atom. The van der Waals surface area contributed by atoms with Gasteiger partial charge in [-0.05, 0) is 55.8 Å². The Morgan fingerprint density at radius 3 is 0.518 bits per heavy atom. The molecule has 330 valence electrons. The fourth-order valence-corrected chi connectivity index (χ4v) is 7.14. The van der Waals surface area contributed by atoms with Crippen molar-refractivity contribution in [1.29, 1.82) is 0 Å². The first-order chi connectivity index (χ1) is 25.7. The summed E-state index contributed by atoms with van der Waals surface area (Å²) in [4.78, 5) is 61.0. The fourth-order valence-electron chi connectivity index (χ4n) is 5.41. The molecular formula is C36H75O12P3S3Y2. The molecule has 0 aliphatic heterocycles. The summed E-state index contributed by atoms with van der Waals surface area (Å²) in [5.41, 5.74) is 0. The summed E-state index contributed by atoms with van der Waals surface area (Å²) in [5, 5.41) is 0. The van der Waals surface area contributed by atoms with E-state index < -0.39 is 23.5 Å². The van der Waals surface area contributed by atoms with Crippen LogP contribution < -0.4 is 29.4 Å². The first-order valence-electron chi connectivity index (χ1n) is 20.5. The monoisotopic (exact) mass is 1070 g/mol. The van der Waals surface area contributed by atoms with E-state index >= 15 is 0 Å². The number of phosphoric acid groups is 3. The van der Waals surface area contributed by atoms with Crippen molar-refractivity contribution in [1.82, 2.24) is 0 Å². The van der Waals surface area contributed by atoms with Crippen LogP contribution in [0.25, 0.3) is 0 Å². The Balaban J connectivity index is -0.000000228. The topological polar surface area (TPSA) is 217 Å². The van der Waals surface area contributed by atoms with Crippen LogP contribution in [0.5, 0.6) is 0 Å². The zero-order valence-corrected chi connectivity index (χ0v) is 45.2. The first-order valence-corrected chi connectivity index (χ1v) is 26.8. The molecule has 0 amide bonds. The Kier molecular flexibility index (Phi) is 64.9. The second kappa shape index (κ2) is 52.9. The maximum absolute atomic E-state index is 10.2. The normalized spacial score (nSPS) is 11.5. The molecule has 0 radical (unpaired) electrons. The van der Waals surface area contributed by atoms with Gasteiger partial charge in [-0.15, -0.1) is 0 Å². The van der Waals surface area contributed by atoms with Crippen molar-refractivity contribution in [2.45, 2.75) is 193 Å². The van der Waals surface area contributed by atoms with Gasteiger partial charge in [-0.2, -0.15) is 37.9 Å². The molecule has 0 rings (SSSR count). The molecule has 0 aromatic heterocycles. The second-order valence-corrected chi connectivity index (χ2v) is 18.4. The summed E-state index contributed by atoms with van der Waals surface area (Å²) >= 11 is 12.5. The molecule has 0 spiro atoms. The Hall–Kier alpha value is 3.59. The second-order valence-electron chi connectivity index (χ2n) is 13.6. The molecule has 0 saturated heterocycles. The van der Waals surface area contributed by atoms with Crippen LogP contribution in [0.15, 0.2) is 0 Å². The molecule has 20 heteroatoms. The first kappa shape index (κ1) is 68.6. The van der Waals surface area contributed by atoms with Crippen LogP contribution in [-0.4, -0.2) is 37.1 Å². The molecule has 56 heavy (non-hydrogen) atoms. The van der Waals surface area contributed by atoms with Crippen LogP contribution in [-0.2, 0) is 92.7 Å². The molecule has 0 saturated carbocycles. The maximum atomic E-state index is 10.2. The quantitative estimate of drug-likeness (QED) is 0.0303. The molecule has 0 heterocycles. The van der Waals surface area contributed by atoms with Crippen LogP contribution in [0.3, 0.4) is 0 Å². The predicted octanol–water partition coefficient (Wildman–Crippen LogP) is 7.98. The Morgan fingerprint density at radius 1 is 0.268 bits per heavy atom. The molecule has 0 atom stereocenters. The molecule has 0 aromatic carbocycles. The average Bonchev–Trinajstić information content (AvgIpc) is 3.09. The van der Waals surface area contributed by atoms with Crippen molar-refractivity contribution < 1.29 is 122 Å². The van der Waals surface area contributed by atoms with Crippen LogP contribution in [0, 0.1) is 0 Å². The molecule has 0 aliphatic rings. The number of thiol groups is 3. The van der Waals surface area contributed by atoms with Gasteiger partial charge in [0.15, 0.2) is 0 Å². The van der Waals surface area contributed by atoms with E-state index in [0.29, 0.717) is 19.3 Å². The standard InChI is InChI=1S/3C12H27O4PS.2Y/c3*13-17(14,15)16-11-9-7-5-3-1-2-4-6-8-10-12-18;;/h3*18H,1-12H2,(H2,13,14,15);;/q;;;2*+3/p-6. The van der Waals surface area contributed by atoms with Gasteiger partial charge < -0.3 is 56.6 Å². The molecule has 0 aromatic rings. The summed E-state index contributed by atoms with van der Waals surface area (Å²) in [6.45, 7) is 0.107. The number of hydrogen-bond donors (Lipinski definition) is 3. The summed E-state index contributed by atoms with van der Waals surface area (Å²) in [7, 11) is -14.3. The van der Waals surface area contributed by atoms with Gasteiger partial charge in [-0.3, -0.25) is 0 Å². The van der Waals surface area contributed by atoms with Gasteiger partial charge in [-0.1, -0.05) is 154 Å². The van der Waals surface area contributed by atoms with Crippen LogP contribution in [0.2, 0.25) is 0 Å². The third kappa shape index (κ3) is 78.1. The number of unbranched alkanes of at least 4 members (excludes halogenated alkanes) is 27. The van der Waals surface area contributed by atoms with Crippen molar-refractivity contribution in [2.75, 3.05) is 37.1 Å². The third-order valence-electron chi connectivity index (χ3n) is 8.41. The van der Waals surface area contributed by atoms with Crippen molar-refractivity contribution in [3.05, 3.63) is 0 Å². The molecule has 0 unspecified atom stereocenters. The van der Waals surface area contributed by atoms with Crippen LogP contribution >= 0.6 is 61.4 Å². The van der Waals surface area contributed by atoms with E-state index in [0.717, 1.165) is 55.8 Å². The van der Waals surface area contributed by atoms with Crippen molar-refractivity contribution in [3.63, 3.8) is 0 Å². The molecule has 0 N–H and O–H groups in total. The molecular weight excluding hydrogens is 991 g/mol.